The van der Waals surface area contributed by atoms with Crippen molar-refractivity contribution in [3.63, 3.8) is 0 Å². The fraction of sp³-hybridized carbons (Fsp3) is 1.00. The fourth-order valence-electron chi connectivity index (χ4n) is 1.03. The first-order chi connectivity index (χ1) is 6.96. The van der Waals surface area contributed by atoms with Crippen LogP contribution in [0.5, 0.6) is 0 Å². The highest BCUT2D eigenvalue weighted by atomic mass is 32.2. The van der Waals surface area contributed by atoms with Crippen LogP contribution in [0.1, 0.15) is 6.42 Å². The summed E-state index contributed by atoms with van der Waals surface area (Å²) in [6.45, 7) is 1.65. The minimum Gasteiger partial charge on any atom is -0.383 e. The topological polar surface area (TPSA) is 75.9 Å². The van der Waals surface area contributed by atoms with Crippen molar-refractivity contribution in [2.75, 3.05) is 47.4 Å². The lowest BCUT2D eigenvalue weighted by Gasteiger charge is -2.24. The Kier molecular flexibility index (Phi) is 7.03. The highest BCUT2D eigenvalue weighted by Crippen LogP contribution is 2.04. The van der Waals surface area contributed by atoms with E-state index in [2.05, 4.69) is 0 Å². The quantitative estimate of drug-likeness (QED) is 0.595. The van der Waals surface area contributed by atoms with Gasteiger partial charge in [-0.2, -0.15) is 17.0 Å². The first-order valence-corrected chi connectivity index (χ1v) is 6.23. The molecule has 0 aliphatic carbocycles. The van der Waals surface area contributed by atoms with Gasteiger partial charge in [-0.15, -0.1) is 0 Å². The minimum absolute atomic E-state index is 0.358. The number of hydrogen-bond acceptors (Lipinski definition) is 4. The molecule has 0 aromatic rings. The van der Waals surface area contributed by atoms with Crippen LogP contribution in [-0.2, 0) is 14.9 Å². The number of methoxy groups -OCH3 is 1. The zero-order valence-electron chi connectivity index (χ0n) is 9.64. The normalized spacial score (nSPS) is 12.7. The highest BCUT2D eigenvalue weighted by molar-refractivity contribution is 7.86. The van der Waals surface area contributed by atoms with E-state index in [-0.39, 0.29) is 0 Å². The third-order valence-corrected chi connectivity index (χ3v) is 3.88. The van der Waals surface area contributed by atoms with Crippen molar-refractivity contribution < 1.29 is 13.2 Å². The van der Waals surface area contributed by atoms with Crippen molar-refractivity contribution in [2.45, 2.75) is 6.42 Å². The number of ether oxygens (including phenoxy) is 1. The maximum Gasteiger partial charge on any atom is 0.281 e. The van der Waals surface area contributed by atoms with Gasteiger partial charge in [-0.25, -0.2) is 0 Å². The molecule has 0 spiro atoms. The number of nitrogens with two attached hydrogens (primary N) is 1. The van der Waals surface area contributed by atoms with E-state index in [4.69, 9.17) is 10.5 Å². The summed E-state index contributed by atoms with van der Waals surface area (Å²) in [5, 5.41) is 0. The van der Waals surface area contributed by atoms with Crippen LogP contribution < -0.4 is 5.73 Å². The summed E-state index contributed by atoms with van der Waals surface area (Å²) in [4.78, 5) is 0. The molecule has 0 fully saturated rings. The second-order valence-corrected chi connectivity index (χ2v) is 5.47. The summed E-state index contributed by atoms with van der Waals surface area (Å²) in [7, 11) is 1.22. The van der Waals surface area contributed by atoms with E-state index in [9.17, 15) is 8.42 Å². The molecule has 0 radical (unpaired) electrons. The van der Waals surface area contributed by atoms with Gasteiger partial charge in [0.15, 0.2) is 0 Å². The largest absolute Gasteiger partial charge is 0.383 e. The molecule has 7 heteroatoms. The molecule has 92 valence electrons. The standard InChI is InChI=1S/C8H21N3O3S/c1-10(2)15(12,13)11(6-4-5-9)7-8-14-3/h4-9H2,1-3H3. The number of hydrogen-bond donors (Lipinski definition) is 1. The molecule has 0 atom stereocenters. The smallest absolute Gasteiger partial charge is 0.281 e. The van der Waals surface area contributed by atoms with Gasteiger partial charge in [0.25, 0.3) is 10.2 Å². The average Bonchev–Trinajstić information content (AvgIpc) is 2.17. The SMILES string of the molecule is COCCN(CCCN)S(=O)(=O)N(C)C. The van der Waals surface area contributed by atoms with Crippen LogP contribution in [0.3, 0.4) is 0 Å². The van der Waals surface area contributed by atoms with Crippen molar-refractivity contribution in [3.8, 4) is 0 Å². The molecule has 2 N–H and O–H groups in total. The first-order valence-electron chi connectivity index (χ1n) is 4.83. The molecule has 15 heavy (non-hydrogen) atoms. The molecule has 0 aliphatic heterocycles. The van der Waals surface area contributed by atoms with Crippen LogP contribution in [0.2, 0.25) is 0 Å². The Balaban J connectivity index is 4.46. The van der Waals surface area contributed by atoms with Crippen molar-refractivity contribution in [1.29, 1.82) is 0 Å². The van der Waals surface area contributed by atoms with Crippen LogP contribution in [0.15, 0.2) is 0 Å². The van der Waals surface area contributed by atoms with Gasteiger partial charge in [-0.05, 0) is 13.0 Å². The fourth-order valence-corrected chi connectivity index (χ4v) is 2.16. The third kappa shape index (κ3) is 4.89. The molecule has 0 amide bonds. The highest BCUT2D eigenvalue weighted by Gasteiger charge is 2.23. The summed E-state index contributed by atoms with van der Waals surface area (Å²) in [6, 6.07) is 0. The molecule has 6 nitrogen and oxygen atoms in total. The van der Waals surface area contributed by atoms with Crippen molar-refractivity contribution in [1.82, 2.24) is 8.61 Å². The van der Waals surface area contributed by atoms with E-state index in [1.165, 1.54) is 22.7 Å². The molecule has 0 unspecified atom stereocenters. The molecule has 0 bridgehead atoms. The molecule has 0 saturated heterocycles. The molecule has 0 aromatic heterocycles. The predicted octanol–water partition coefficient (Wildman–Crippen LogP) is -0.910. The Morgan fingerprint density at radius 2 is 1.87 bits per heavy atom. The lowest BCUT2D eigenvalue weighted by molar-refractivity contribution is 0.176. The van der Waals surface area contributed by atoms with Crippen molar-refractivity contribution >= 4 is 10.2 Å². The number of rotatable bonds is 8. The Morgan fingerprint density at radius 1 is 1.27 bits per heavy atom. The summed E-state index contributed by atoms with van der Waals surface area (Å²) >= 11 is 0. The zero-order chi connectivity index (χ0) is 11.9. The third-order valence-electron chi connectivity index (χ3n) is 1.94. The Bertz CT molecular complexity index is 246. The Hall–Kier alpha value is -0.210. The predicted molar refractivity (Wildman–Crippen MR) is 59.7 cm³/mol. The monoisotopic (exact) mass is 239 g/mol. The van der Waals surface area contributed by atoms with Crippen LogP contribution in [0.4, 0.5) is 0 Å². The summed E-state index contributed by atoms with van der Waals surface area (Å²) in [5.41, 5.74) is 5.36. The van der Waals surface area contributed by atoms with Crippen LogP contribution in [0, 0.1) is 0 Å². The van der Waals surface area contributed by atoms with Gasteiger partial charge in [0.05, 0.1) is 6.61 Å². The summed E-state index contributed by atoms with van der Waals surface area (Å²) in [5.74, 6) is 0. The Labute approximate surface area is 92.2 Å². The lowest BCUT2D eigenvalue weighted by atomic mass is 10.4. The molecule has 0 aromatic carbocycles. The molecule has 0 rings (SSSR count). The first kappa shape index (κ1) is 14.8. The molecule has 0 aliphatic rings. The Morgan fingerprint density at radius 3 is 2.27 bits per heavy atom. The lowest BCUT2D eigenvalue weighted by Crippen LogP contribution is -2.42. The summed E-state index contributed by atoms with van der Waals surface area (Å²) < 4.78 is 31.0. The van der Waals surface area contributed by atoms with E-state index in [1.807, 2.05) is 0 Å². The van der Waals surface area contributed by atoms with Crippen LogP contribution >= 0.6 is 0 Å². The molecular weight excluding hydrogens is 218 g/mol. The minimum atomic E-state index is -3.35. The second-order valence-electron chi connectivity index (χ2n) is 3.32. The van der Waals surface area contributed by atoms with Crippen molar-refractivity contribution in [2.24, 2.45) is 5.73 Å². The molecular formula is C8H21N3O3S. The molecule has 0 saturated carbocycles. The van der Waals surface area contributed by atoms with Gasteiger partial charge < -0.3 is 10.5 Å². The molecule has 0 heterocycles. The van der Waals surface area contributed by atoms with Gasteiger partial charge in [0.2, 0.25) is 0 Å². The van der Waals surface area contributed by atoms with E-state index >= 15 is 0 Å². The van der Waals surface area contributed by atoms with Crippen LogP contribution in [-0.4, -0.2) is 64.5 Å². The number of nitrogens with zero attached hydrogens (tertiary/aromatic N) is 2. The van der Waals surface area contributed by atoms with Gasteiger partial charge in [0.1, 0.15) is 0 Å². The summed E-state index contributed by atoms with van der Waals surface area (Å²) in [6.07, 6.45) is 0.650. The van der Waals surface area contributed by atoms with Gasteiger partial charge in [0, 0.05) is 34.3 Å². The van der Waals surface area contributed by atoms with Gasteiger partial charge in [-0.3, -0.25) is 0 Å². The van der Waals surface area contributed by atoms with E-state index in [0.29, 0.717) is 32.7 Å². The van der Waals surface area contributed by atoms with E-state index in [0.717, 1.165) is 0 Å². The van der Waals surface area contributed by atoms with E-state index < -0.39 is 10.2 Å². The van der Waals surface area contributed by atoms with Gasteiger partial charge >= 0.3 is 0 Å². The average molecular weight is 239 g/mol. The zero-order valence-corrected chi connectivity index (χ0v) is 10.5. The van der Waals surface area contributed by atoms with E-state index in [1.54, 1.807) is 7.11 Å². The second kappa shape index (κ2) is 7.13. The van der Waals surface area contributed by atoms with Gasteiger partial charge in [-0.1, -0.05) is 0 Å². The van der Waals surface area contributed by atoms with Crippen molar-refractivity contribution in [3.05, 3.63) is 0 Å². The maximum absolute atomic E-state index is 11.8. The maximum atomic E-state index is 11.8. The van der Waals surface area contributed by atoms with Crippen LogP contribution in [0.25, 0.3) is 0 Å².